The van der Waals surface area contributed by atoms with Gasteiger partial charge >= 0.3 is 0 Å². The third-order valence-electron chi connectivity index (χ3n) is 5.15. The third-order valence-corrected chi connectivity index (χ3v) is 6.14. The van der Waals surface area contributed by atoms with Crippen molar-refractivity contribution in [3.05, 3.63) is 82.0 Å². The summed E-state index contributed by atoms with van der Waals surface area (Å²) in [4.78, 5) is 16.7. The van der Waals surface area contributed by atoms with Gasteiger partial charge < -0.3 is 14.4 Å². The first-order valence-electron chi connectivity index (χ1n) is 9.11. The Balaban J connectivity index is 1.47. The molecule has 4 nitrogen and oxygen atoms in total. The van der Waals surface area contributed by atoms with Crippen molar-refractivity contribution in [2.24, 2.45) is 0 Å². The topological polar surface area (TPSA) is 38.8 Å². The smallest absolute Gasteiger partial charge is 0.268 e. The molecule has 5 rings (SSSR count). The Labute approximate surface area is 162 Å². The summed E-state index contributed by atoms with van der Waals surface area (Å²) >= 11 is 1.77. The minimum atomic E-state index is -0.619. The van der Waals surface area contributed by atoms with E-state index in [1.165, 1.54) is 10.4 Å². The maximum absolute atomic E-state index is 13.4. The Kier molecular flexibility index (Phi) is 4.09. The van der Waals surface area contributed by atoms with E-state index in [0.29, 0.717) is 18.0 Å². The van der Waals surface area contributed by atoms with E-state index in [-0.39, 0.29) is 18.6 Å². The maximum atomic E-state index is 13.4. The summed E-state index contributed by atoms with van der Waals surface area (Å²) in [6.07, 6.45) is 0.262. The molecule has 2 atom stereocenters. The molecule has 0 unspecified atom stereocenters. The largest absolute Gasteiger partial charge is 0.485 e. The van der Waals surface area contributed by atoms with Crippen molar-refractivity contribution in [3.8, 4) is 11.5 Å². The fourth-order valence-electron chi connectivity index (χ4n) is 3.87. The standard InChI is InChI=1S/C22H19NO3S/c24-22(19-14-25-17-8-4-5-9-18(17)26-19)23-12-10-20-16(11-13-27-20)21(23)15-6-2-1-3-7-15/h1-9,11,13,19,21H,10,12,14H2/t19-,21-/m1/s1. The maximum Gasteiger partial charge on any atom is 0.268 e. The molecule has 1 amide bonds. The Morgan fingerprint density at radius 3 is 2.63 bits per heavy atom. The van der Waals surface area contributed by atoms with Crippen LogP contribution in [0.1, 0.15) is 22.0 Å². The number of carbonyl (C=O) groups is 1. The summed E-state index contributed by atoms with van der Waals surface area (Å²) in [5.41, 5.74) is 2.35. The Morgan fingerprint density at radius 2 is 1.78 bits per heavy atom. The Bertz CT molecular complexity index is 968. The van der Waals surface area contributed by atoms with Gasteiger partial charge in [-0.2, -0.15) is 0 Å². The van der Waals surface area contributed by atoms with Crippen LogP contribution in [0.2, 0.25) is 0 Å². The second kappa shape index (κ2) is 6.74. The van der Waals surface area contributed by atoms with Crippen LogP contribution in [0.5, 0.6) is 11.5 Å². The molecule has 2 aliphatic heterocycles. The highest BCUT2D eigenvalue weighted by Gasteiger charge is 2.38. The molecule has 3 heterocycles. The predicted molar refractivity (Wildman–Crippen MR) is 104 cm³/mol. The summed E-state index contributed by atoms with van der Waals surface area (Å²) in [5, 5.41) is 2.12. The van der Waals surface area contributed by atoms with E-state index >= 15 is 0 Å². The van der Waals surface area contributed by atoms with Gasteiger partial charge in [0.1, 0.15) is 6.61 Å². The first-order valence-corrected chi connectivity index (χ1v) is 9.99. The number of para-hydroxylation sites is 2. The quantitative estimate of drug-likeness (QED) is 0.676. The highest BCUT2D eigenvalue weighted by atomic mass is 32.1. The average Bonchev–Trinajstić information content (AvgIpc) is 3.21. The molecule has 5 heteroatoms. The van der Waals surface area contributed by atoms with Crippen LogP contribution in [0.4, 0.5) is 0 Å². The minimum absolute atomic E-state index is 0.0183. The van der Waals surface area contributed by atoms with Crippen molar-refractivity contribution in [3.63, 3.8) is 0 Å². The number of rotatable bonds is 2. The van der Waals surface area contributed by atoms with Crippen molar-refractivity contribution in [2.75, 3.05) is 13.2 Å². The fourth-order valence-corrected chi connectivity index (χ4v) is 4.78. The van der Waals surface area contributed by atoms with E-state index in [1.807, 2.05) is 47.4 Å². The van der Waals surface area contributed by atoms with Gasteiger partial charge in [-0.15, -0.1) is 11.3 Å². The lowest BCUT2D eigenvalue weighted by atomic mass is 9.93. The van der Waals surface area contributed by atoms with Crippen LogP contribution >= 0.6 is 11.3 Å². The van der Waals surface area contributed by atoms with Crippen LogP contribution in [0.15, 0.2) is 66.0 Å². The molecule has 2 aliphatic rings. The molecule has 0 saturated carbocycles. The molecule has 2 aromatic carbocycles. The lowest BCUT2D eigenvalue weighted by Gasteiger charge is -2.39. The van der Waals surface area contributed by atoms with Crippen molar-refractivity contribution >= 4 is 17.2 Å². The van der Waals surface area contributed by atoms with Gasteiger partial charge in [0.05, 0.1) is 6.04 Å². The molecule has 1 aromatic heterocycles. The monoisotopic (exact) mass is 377 g/mol. The van der Waals surface area contributed by atoms with Crippen LogP contribution in [-0.4, -0.2) is 30.1 Å². The van der Waals surface area contributed by atoms with Crippen LogP contribution in [0, 0.1) is 0 Å². The van der Waals surface area contributed by atoms with E-state index in [9.17, 15) is 4.79 Å². The first kappa shape index (κ1) is 16.4. The number of ether oxygens (including phenoxy) is 2. The lowest BCUT2D eigenvalue weighted by molar-refractivity contribution is -0.143. The number of benzene rings is 2. The second-order valence-corrected chi connectivity index (χ2v) is 7.76. The van der Waals surface area contributed by atoms with Gasteiger partial charge in [0, 0.05) is 11.4 Å². The number of carbonyl (C=O) groups excluding carboxylic acids is 1. The van der Waals surface area contributed by atoms with Crippen LogP contribution in [-0.2, 0) is 11.2 Å². The normalized spacial score (nSPS) is 20.8. The van der Waals surface area contributed by atoms with E-state index in [1.54, 1.807) is 11.3 Å². The number of thiophene rings is 1. The minimum Gasteiger partial charge on any atom is -0.485 e. The van der Waals surface area contributed by atoms with Gasteiger partial charge in [-0.3, -0.25) is 4.79 Å². The Hall–Kier alpha value is -2.79. The molecular formula is C22H19NO3S. The summed E-state index contributed by atoms with van der Waals surface area (Å²) in [7, 11) is 0. The summed E-state index contributed by atoms with van der Waals surface area (Å²) in [5.74, 6) is 1.31. The fraction of sp³-hybridized carbons (Fsp3) is 0.227. The summed E-state index contributed by atoms with van der Waals surface area (Å²) in [6, 6.07) is 19.8. The SMILES string of the molecule is O=C([C@H]1COc2ccccc2O1)N1CCc2sccc2[C@H]1c1ccccc1. The van der Waals surface area contributed by atoms with Gasteiger partial charge in [-0.25, -0.2) is 0 Å². The zero-order chi connectivity index (χ0) is 18.2. The lowest BCUT2D eigenvalue weighted by Crippen LogP contribution is -2.49. The number of hydrogen-bond donors (Lipinski definition) is 0. The first-order chi connectivity index (χ1) is 13.3. The molecule has 0 radical (unpaired) electrons. The molecule has 27 heavy (non-hydrogen) atoms. The van der Waals surface area contributed by atoms with Crippen LogP contribution in [0.3, 0.4) is 0 Å². The number of nitrogens with zero attached hydrogens (tertiary/aromatic N) is 1. The molecule has 0 aliphatic carbocycles. The van der Waals surface area contributed by atoms with E-state index in [0.717, 1.165) is 12.0 Å². The van der Waals surface area contributed by atoms with Gasteiger partial charge in [0.15, 0.2) is 11.5 Å². The van der Waals surface area contributed by atoms with E-state index < -0.39 is 6.10 Å². The molecular weight excluding hydrogens is 358 g/mol. The number of fused-ring (bicyclic) bond motifs is 2. The van der Waals surface area contributed by atoms with Crippen LogP contribution in [0.25, 0.3) is 0 Å². The number of hydrogen-bond acceptors (Lipinski definition) is 4. The molecule has 0 fully saturated rings. The van der Waals surface area contributed by atoms with Crippen molar-refractivity contribution in [2.45, 2.75) is 18.6 Å². The third kappa shape index (κ3) is 2.88. The number of amides is 1. The van der Waals surface area contributed by atoms with Crippen molar-refractivity contribution in [1.29, 1.82) is 0 Å². The molecule has 136 valence electrons. The van der Waals surface area contributed by atoms with Crippen molar-refractivity contribution in [1.82, 2.24) is 4.90 Å². The van der Waals surface area contributed by atoms with Gasteiger partial charge in [-0.1, -0.05) is 42.5 Å². The van der Waals surface area contributed by atoms with Crippen molar-refractivity contribution < 1.29 is 14.3 Å². The summed E-state index contributed by atoms with van der Waals surface area (Å²) < 4.78 is 11.8. The molecule has 0 bridgehead atoms. The van der Waals surface area contributed by atoms with Gasteiger partial charge in [-0.05, 0) is 41.1 Å². The average molecular weight is 377 g/mol. The highest BCUT2D eigenvalue weighted by Crippen LogP contribution is 2.39. The van der Waals surface area contributed by atoms with Gasteiger partial charge in [0.25, 0.3) is 5.91 Å². The van der Waals surface area contributed by atoms with E-state index in [4.69, 9.17) is 9.47 Å². The second-order valence-electron chi connectivity index (χ2n) is 6.76. The zero-order valence-corrected chi connectivity index (χ0v) is 15.5. The highest BCUT2D eigenvalue weighted by molar-refractivity contribution is 7.10. The molecule has 0 spiro atoms. The van der Waals surface area contributed by atoms with Gasteiger partial charge in [0.2, 0.25) is 6.10 Å². The molecule has 3 aromatic rings. The molecule has 0 N–H and O–H groups in total. The molecule has 0 saturated heterocycles. The zero-order valence-electron chi connectivity index (χ0n) is 14.7. The van der Waals surface area contributed by atoms with E-state index in [2.05, 4.69) is 23.6 Å². The predicted octanol–water partition coefficient (Wildman–Crippen LogP) is 4.06. The Morgan fingerprint density at radius 1 is 1.00 bits per heavy atom. The van der Waals surface area contributed by atoms with Crippen LogP contribution < -0.4 is 9.47 Å². The summed E-state index contributed by atoms with van der Waals surface area (Å²) in [6.45, 7) is 0.928.